The molecule has 31 heavy (non-hydrogen) atoms. The number of methoxy groups -OCH3 is 1. The van der Waals surface area contributed by atoms with Gasteiger partial charge in [-0.25, -0.2) is 4.90 Å². The van der Waals surface area contributed by atoms with Crippen LogP contribution in [0.2, 0.25) is 5.02 Å². The van der Waals surface area contributed by atoms with Crippen LogP contribution in [0.4, 0.5) is 11.4 Å². The highest BCUT2D eigenvalue weighted by Gasteiger charge is 2.55. The van der Waals surface area contributed by atoms with Crippen molar-refractivity contribution in [1.29, 1.82) is 0 Å². The second-order valence-corrected chi connectivity index (χ2v) is 8.09. The van der Waals surface area contributed by atoms with Crippen molar-refractivity contribution in [1.82, 2.24) is 5.01 Å². The van der Waals surface area contributed by atoms with Crippen LogP contribution in [0.5, 0.6) is 5.75 Å². The molecule has 2 aromatic rings. The predicted molar refractivity (Wildman–Crippen MR) is 116 cm³/mol. The average Bonchev–Trinajstić information content (AvgIpc) is 3.27. The van der Waals surface area contributed by atoms with Crippen molar-refractivity contribution >= 4 is 52.5 Å². The van der Waals surface area contributed by atoms with Crippen LogP contribution in [-0.4, -0.2) is 54.7 Å². The largest absolute Gasteiger partial charge is 0.495 e. The van der Waals surface area contributed by atoms with Crippen molar-refractivity contribution < 1.29 is 19.1 Å². The standard InChI is InChI=1S/C20H18ClN5O4S/c1-30-15-7-6-12(9-14(15)21)26-19(28)17-18(20(26)29)25(24-23-17)10-16(27)22-11-4-3-5-13(8-11)31-2/h3-9,17-18H,10H2,1-2H3,(H,22,27)/t17-,18-/m0/s1. The molecule has 0 aromatic heterocycles. The third-order valence-electron chi connectivity index (χ3n) is 4.91. The van der Waals surface area contributed by atoms with E-state index in [1.54, 1.807) is 30.0 Å². The molecule has 2 aliphatic heterocycles. The lowest BCUT2D eigenvalue weighted by molar-refractivity contribution is -0.123. The molecule has 1 fully saturated rings. The lowest BCUT2D eigenvalue weighted by Gasteiger charge is -2.20. The smallest absolute Gasteiger partial charge is 0.263 e. The zero-order chi connectivity index (χ0) is 22.1. The monoisotopic (exact) mass is 459 g/mol. The SMILES string of the molecule is COc1ccc(N2C(=O)[C@H]3N=NN(CC(=O)Nc4cccc(SC)c4)[C@@H]3C2=O)cc1Cl. The maximum absolute atomic E-state index is 13.0. The molecule has 11 heteroatoms. The maximum Gasteiger partial charge on any atom is 0.263 e. The highest BCUT2D eigenvalue weighted by molar-refractivity contribution is 7.98. The summed E-state index contributed by atoms with van der Waals surface area (Å²) in [6, 6.07) is 10.0. The van der Waals surface area contributed by atoms with Crippen LogP contribution in [0.25, 0.3) is 0 Å². The Kier molecular flexibility index (Phi) is 5.84. The third kappa shape index (κ3) is 3.96. The maximum atomic E-state index is 13.0. The lowest BCUT2D eigenvalue weighted by atomic mass is 10.1. The number of anilines is 2. The number of rotatable bonds is 6. The van der Waals surface area contributed by atoms with Crippen LogP contribution in [0.1, 0.15) is 0 Å². The molecule has 9 nitrogen and oxygen atoms in total. The number of thioether (sulfide) groups is 1. The van der Waals surface area contributed by atoms with E-state index in [-0.39, 0.29) is 17.5 Å². The van der Waals surface area contributed by atoms with Crippen molar-refractivity contribution in [2.75, 3.05) is 30.1 Å². The molecule has 0 unspecified atom stereocenters. The van der Waals surface area contributed by atoms with Gasteiger partial charge in [0.1, 0.15) is 12.3 Å². The number of hydrogen-bond acceptors (Lipinski definition) is 8. The summed E-state index contributed by atoms with van der Waals surface area (Å²) in [7, 11) is 1.47. The molecule has 4 rings (SSSR count). The van der Waals surface area contributed by atoms with Gasteiger partial charge >= 0.3 is 0 Å². The zero-order valence-electron chi connectivity index (χ0n) is 16.6. The number of nitrogens with zero attached hydrogens (tertiary/aromatic N) is 4. The first-order valence-electron chi connectivity index (χ1n) is 9.25. The molecule has 0 saturated carbocycles. The summed E-state index contributed by atoms with van der Waals surface area (Å²) in [5.41, 5.74) is 0.941. The zero-order valence-corrected chi connectivity index (χ0v) is 18.2. The number of ether oxygens (including phenoxy) is 1. The number of amides is 3. The molecule has 0 bridgehead atoms. The number of nitrogens with one attached hydrogen (secondary N) is 1. The second-order valence-electron chi connectivity index (χ2n) is 6.80. The average molecular weight is 460 g/mol. The minimum absolute atomic E-state index is 0.218. The van der Waals surface area contributed by atoms with Gasteiger partial charge in [-0.1, -0.05) is 22.9 Å². The van der Waals surface area contributed by atoms with Gasteiger partial charge in [0.25, 0.3) is 11.8 Å². The van der Waals surface area contributed by atoms with Crippen LogP contribution in [-0.2, 0) is 14.4 Å². The summed E-state index contributed by atoms with van der Waals surface area (Å²) in [6.07, 6.45) is 1.94. The normalized spacial score (nSPS) is 19.7. The van der Waals surface area contributed by atoms with E-state index in [2.05, 4.69) is 15.7 Å². The van der Waals surface area contributed by atoms with Crippen molar-refractivity contribution in [3.63, 3.8) is 0 Å². The summed E-state index contributed by atoms with van der Waals surface area (Å²) < 4.78 is 5.11. The summed E-state index contributed by atoms with van der Waals surface area (Å²) in [5.74, 6) is -0.980. The van der Waals surface area contributed by atoms with Crippen molar-refractivity contribution in [2.45, 2.75) is 17.0 Å². The Hall–Kier alpha value is -3.11. The van der Waals surface area contributed by atoms with Gasteiger partial charge in [0, 0.05) is 10.6 Å². The fourth-order valence-corrected chi connectivity index (χ4v) is 4.16. The Morgan fingerprint density at radius 1 is 1.23 bits per heavy atom. The van der Waals surface area contributed by atoms with Crippen LogP contribution < -0.4 is 15.0 Å². The number of halogens is 1. The van der Waals surface area contributed by atoms with E-state index in [1.807, 2.05) is 24.5 Å². The summed E-state index contributed by atoms with van der Waals surface area (Å²) >= 11 is 7.70. The Morgan fingerprint density at radius 3 is 2.74 bits per heavy atom. The van der Waals surface area contributed by atoms with E-state index in [1.165, 1.54) is 18.2 Å². The molecular weight excluding hydrogens is 442 g/mol. The molecule has 2 heterocycles. The van der Waals surface area contributed by atoms with E-state index in [9.17, 15) is 14.4 Å². The van der Waals surface area contributed by atoms with Gasteiger partial charge in [0.05, 0.1) is 17.8 Å². The van der Waals surface area contributed by atoms with E-state index >= 15 is 0 Å². The van der Waals surface area contributed by atoms with Crippen LogP contribution in [0.3, 0.4) is 0 Å². The topological polar surface area (TPSA) is 104 Å². The van der Waals surface area contributed by atoms with Gasteiger partial charge < -0.3 is 10.1 Å². The first kappa shape index (κ1) is 21.1. The highest BCUT2D eigenvalue weighted by Crippen LogP contribution is 2.35. The number of carbonyl (C=O) groups is 3. The molecule has 1 N–H and O–H groups in total. The molecule has 1 saturated heterocycles. The number of hydrogen-bond donors (Lipinski definition) is 1. The van der Waals surface area contributed by atoms with Gasteiger partial charge in [0.2, 0.25) is 5.91 Å². The van der Waals surface area contributed by atoms with E-state index in [0.717, 1.165) is 9.80 Å². The molecule has 2 aromatic carbocycles. The van der Waals surface area contributed by atoms with Crippen LogP contribution in [0, 0.1) is 0 Å². The summed E-state index contributed by atoms with van der Waals surface area (Å²) in [5, 5.41) is 12.1. The van der Waals surface area contributed by atoms with Crippen molar-refractivity contribution in [3.05, 3.63) is 47.5 Å². The van der Waals surface area contributed by atoms with E-state index in [0.29, 0.717) is 17.1 Å². The van der Waals surface area contributed by atoms with Crippen molar-refractivity contribution in [3.8, 4) is 5.75 Å². The van der Waals surface area contributed by atoms with E-state index in [4.69, 9.17) is 16.3 Å². The number of fused-ring (bicyclic) bond motifs is 1. The van der Waals surface area contributed by atoms with Crippen LogP contribution in [0.15, 0.2) is 57.7 Å². The molecule has 2 atom stereocenters. The molecule has 0 spiro atoms. The number of imide groups is 1. The van der Waals surface area contributed by atoms with Gasteiger partial charge in [-0.3, -0.25) is 19.4 Å². The van der Waals surface area contributed by atoms with Gasteiger partial charge in [0.15, 0.2) is 12.1 Å². The summed E-state index contributed by atoms with van der Waals surface area (Å²) in [4.78, 5) is 40.4. The molecular formula is C20H18ClN5O4S. The molecule has 0 radical (unpaired) electrons. The first-order valence-corrected chi connectivity index (χ1v) is 10.9. The fourth-order valence-electron chi connectivity index (χ4n) is 3.45. The Morgan fingerprint density at radius 2 is 2.03 bits per heavy atom. The Balaban J connectivity index is 1.49. The minimum Gasteiger partial charge on any atom is -0.495 e. The van der Waals surface area contributed by atoms with Gasteiger partial charge in [-0.05, 0) is 42.7 Å². The molecule has 3 amide bonds. The van der Waals surface area contributed by atoms with Gasteiger partial charge in [-0.2, -0.15) is 5.11 Å². The van der Waals surface area contributed by atoms with Crippen molar-refractivity contribution in [2.24, 2.45) is 10.3 Å². The third-order valence-corrected chi connectivity index (χ3v) is 5.93. The quantitative estimate of drug-likeness (QED) is 0.526. The summed E-state index contributed by atoms with van der Waals surface area (Å²) in [6.45, 7) is -0.218. The first-order chi connectivity index (χ1) is 14.9. The number of benzene rings is 2. The van der Waals surface area contributed by atoms with Crippen LogP contribution >= 0.6 is 23.4 Å². The Labute approximate surface area is 187 Å². The van der Waals surface area contributed by atoms with E-state index < -0.39 is 23.9 Å². The fraction of sp³-hybridized carbons (Fsp3) is 0.250. The molecule has 160 valence electrons. The second kappa shape index (κ2) is 8.56. The Bertz CT molecular complexity index is 1090. The molecule has 2 aliphatic rings. The van der Waals surface area contributed by atoms with Gasteiger partial charge in [-0.15, -0.1) is 11.8 Å². The number of carbonyl (C=O) groups excluding carboxylic acids is 3. The lowest BCUT2D eigenvalue weighted by Crippen LogP contribution is -2.43. The highest BCUT2D eigenvalue weighted by atomic mass is 35.5. The molecule has 0 aliphatic carbocycles. The minimum atomic E-state index is -0.999. The predicted octanol–water partition coefficient (Wildman–Crippen LogP) is 3.00.